The van der Waals surface area contributed by atoms with E-state index in [1.54, 1.807) is 0 Å². The van der Waals surface area contributed by atoms with E-state index in [1.807, 2.05) is 0 Å². The van der Waals surface area contributed by atoms with Gasteiger partial charge in [-0.1, -0.05) is 0 Å². The van der Waals surface area contributed by atoms with Gasteiger partial charge in [0.2, 0.25) is 0 Å². The molecule has 0 radical (unpaired) electrons. The summed E-state index contributed by atoms with van der Waals surface area (Å²) in [4.78, 5) is 0. The summed E-state index contributed by atoms with van der Waals surface area (Å²) in [5.74, 6) is 0.846. The maximum absolute atomic E-state index is 5.45. The van der Waals surface area contributed by atoms with Crippen LogP contribution in [0.2, 0.25) is 0 Å². The highest BCUT2D eigenvalue weighted by Gasteiger charge is 2.30. The van der Waals surface area contributed by atoms with Gasteiger partial charge in [0, 0.05) is 18.2 Å². The van der Waals surface area contributed by atoms with E-state index in [9.17, 15) is 0 Å². The third-order valence-electron chi connectivity index (χ3n) is 3.77. The number of rotatable bonds is 3. The van der Waals surface area contributed by atoms with Gasteiger partial charge in [0.15, 0.2) is 0 Å². The molecule has 3 atom stereocenters. The van der Waals surface area contributed by atoms with Crippen LogP contribution in [-0.2, 0) is 4.74 Å². The molecule has 15 heavy (non-hydrogen) atoms. The Balaban J connectivity index is 1.72. The van der Waals surface area contributed by atoms with Crippen LogP contribution in [0.15, 0.2) is 0 Å². The Kier molecular flexibility index (Phi) is 3.65. The van der Waals surface area contributed by atoms with Gasteiger partial charge >= 0.3 is 0 Å². The van der Waals surface area contributed by atoms with Gasteiger partial charge in [0.05, 0.1) is 6.61 Å². The largest absolute Gasteiger partial charge is 0.379 e. The van der Waals surface area contributed by atoms with Crippen LogP contribution in [0.3, 0.4) is 0 Å². The summed E-state index contributed by atoms with van der Waals surface area (Å²) < 4.78 is 5.45. The minimum atomic E-state index is 0.244. The maximum Gasteiger partial charge on any atom is 0.0646 e. The Hall–Kier alpha value is -0.120. The Bertz CT molecular complexity index is 202. The molecule has 88 valence electrons. The van der Waals surface area contributed by atoms with Gasteiger partial charge in [-0.15, -0.1) is 0 Å². The molecule has 0 aliphatic carbocycles. The molecule has 2 aliphatic heterocycles. The van der Waals surface area contributed by atoms with Crippen LogP contribution in [0, 0.1) is 5.92 Å². The molecule has 3 heteroatoms. The Morgan fingerprint density at radius 1 is 1.53 bits per heavy atom. The van der Waals surface area contributed by atoms with Crippen molar-refractivity contribution in [3.63, 3.8) is 0 Å². The first-order valence-corrected chi connectivity index (χ1v) is 6.24. The first kappa shape index (κ1) is 11.4. The molecule has 2 saturated heterocycles. The van der Waals surface area contributed by atoms with Crippen LogP contribution in [0.1, 0.15) is 33.1 Å². The minimum absolute atomic E-state index is 0.244. The van der Waals surface area contributed by atoms with E-state index in [0.29, 0.717) is 6.04 Å². The molecular weight excluding hydrogens is 188 g/mol. The van der Waals surface area contributed by atoms with Gasteiger partial charge < -0.3 is 15.4 Å². The molecule has 0 aromatic rings. The lowest BCUT2D eigenvalue weighted by atomic mass is 9.91. The van der Waals surface area contributed by atoms with Gasteiger partial charge in [-0.05, 0) is 52.1 Å². The molecule has 0 saturated carbocycles. The fraction of sp³-hybridized carbons (Fsp3) is 1.00. The van der Waals surface area contributed by atoms with Crippen molar-refractivity contribution in [3.05, 3.63) is 0 Å². The molecule has 2 rings (SSSR count). The second-order valence-electron chi connectivity index (χ2n) is 5.49. The third-order valence-corrected chi connectivity index (χ3v) is 3.77. The Labute approximate surface area is 93.0 Å². The van der Waals surface area contributed by atoms with Crippen LogP contribution in [0.4, 0.5) is 0 Å². The topological polar surface area (TPSA) is 33.3 Å². The van der Waals surface area contributed by atoms with Crippen molar-refractivity contribution in [1.29, 1.82) is 0 Å². The summed E-state index contributed by atoms with van der Waals surface area (Å²) in [7, 11) is 0. The van der Waals surface area contributed by atoms with Crippen molar-refractivity contribution in [1.82, 2.24) is 10.6 Å². The zero-order valence-electron chi connectivity index (χ0n) is 10.0. The third kappa shape index (κ3) is 3.16. The van der Waals surface area contributed by atoms with E-state index < -0.39 is 0 Å². The molecular formula is C12H24N2O. The van der Waals surface area contributed by atoms with Crippen LogP contribution < -0.4 is 10.6 Å². The van der Waals surface area contributed by atoms with Crippen LogP contribution in [0.25, 0.3) is 0 Å². The predicted molar refractivity (Wildman–Crippen MR) is 62.0 cm³/mol. The van der Waals surface area contributed by atoms with E-state index in [2.05, 4.69) is 24.5 Å². The van der Waals surface area contributed by atoms with E-state index in [4.69, 9.17) is 4.74 Å². The molecule has 3 unspecified atom stereocenters. The smallest absolute Gasteiger partial charge is 0.0646 e. The van der Waals surface area contributed by atoms with E-state index in [0.717, 1.165) is 32.1 Å². The summed E-state index contributed by atoms with van der Waals surface area (Å²) in [6.45, 7) is 8.71. The van der Waals surface area contributed by atoms with Crippen molar-refractivity contribution in [2.75, 3.05) is 26.3 Å². The molecule has 0 amide bonds. The van der Waals surface area contributed by atoms with E-state index in [1.165, 1.54) is 19.4 Å². The zero-order valence-corrected chi connectivity index (χ0v) is 10.0. The fourth-order valence-electron chi connectivity index (χ4n) is 2.62. The van der Waals surface area contributed by atoms with Gasteiger partial charge in [0.1, 0.15) is 0 Å². The zero-order chi connectivity index (χ0) is 10.7. The first-order valence-electron chi connectivity index (χ1n) is 6.24. The molecule has 0 aromatic heterocycles. The predicted octanol–water partition coefficient (Wildman–Crippen LogP) is 1.14. The second kappa shape index (κ2) is 4.81. The molecule has 3 nitrogen and oxygen atoms in total. The quantitative estimate of drug-likeness (QED) is 0.736. The summed E-state index contributed by atoms with van der Waals surface area (Å²) in [5, 5.41) is 7.19. The fourth-order valence-corrected chi connectivity index (χ4v) is 2.62. The van der Waals surface area contributed by atoms with E-state index in [-0.39, 0.29) is 5.54 Å². The Morgan fingerprint density at radius 2 is 2.40 bits per heavy atom. The van der Waals surface area contributed by atoms with Crippen molar-refractivity contribution < 1.29 is 4.74 Å². The lowest BCUT2D eigenvalue weighted by Crippen LogP contribution is -2.47. The SMILES string of the molecule is CC1CC(CNC2(C)CCOC2)CCN1. The van der Waals surface area contributed by atoms with E-state index >= 15 is 0 Å². The Morgan fingerprint density at radius 3 is 3.07 bits per heavy atom. The first-order chi connectivity index (χ1) is 7.18. The standard InChI is InChI=1S/C12H24N2O/c1-10-7-11(3-5-13-10)8-14-12(2)4-6-15-9-12/h10-11,13-14H,3-9H2,1-2H3. The lowest BCUT2D eigenvalue weighted by Gasteiger charge is -2.32. The second-order valence-corrected chi connectivity index (χ2v) is 5.49. The molecule has 0 bridgehead atoms. The molecule has 2 heterocycles. The average molecular weight is 212 g/mol. The average Bonchev–Trinajstić information content (AvgIpc) is 2.63. The van der Waals surface area contributed by atoms with Crippen molar-refractivity contribution >= 4 is 0 Å². The molecule has 2 N–H and O–H groups in total. The van der Waals surface area contributed by atoms with Gasteiger partial charge in [0.25, 0.3) is 0 Å². The highest BCUT2D eigenvalue weighted by Crippen LogP contribution is 2.20. The molecule has 2 fully saturated rings. The number of piperidine rings is 1. The van der Waals surface area contributed by atoms with Gasteiger partial charge in [-0.25, -0.2) is 0 Å². The normalized spacial score (nSPS) is 42.0. The van der Waals surface area contributed by atoms with Crippen LogP contribution >= 0.6 is 0 Å². The van der Waals surface area contributed by atoms with Crippen LogP contribution in [-0.4, -0.2) is 37.9 Å². The number of ether oxygens (including phenoxy) is 1. The number of nitrogens with one attached hydrogen (secondary N) is 2. The number of hydrogen-bond acceptors (Lipinski definition) is 3. The van der Waals surface area contributed by atoms with Crippen molar-refractivity contribution in [2.24, 2.45) is 5.92 Å². The summed E-state index contributed by atoms with van der Waals surface area (Å²) in [6.07, 6.45) is 3.78. The maximum atomic E-state index is 5.45. The van der Waals surface area contributed by atoms with Gasteiger partial charge in [-0.2, -0.15) is 0 Å². The minimum Gasteiger partial charge on any atom is -0.379 e. The van der Waals surface area contributed by atoms with Crippen molar-refractivity contribution in [2.45, 2.75) is 44.7 Å². The summed E-state index contributed by atoms with van der Waals surface area (Å²) in [5.41, 5.74) is 0.244. The molecule has 0 spiro atoms. The molecule has 2 aliphatic rings. The highest BCUT2D eigenvalue weighted by atomic mass is 16.5. The van der Waals surface area contributed by atoms with Gasteiger partial charge in [-0.3, -0.25) is 0 Å². The molecule has 0 aromatic carbocycles. The van der Waals surface area contributed by atoms with Crippen molar-refractivity contribution in [3.8, 4) is 0 Å². The highest BCUT2D eigenvalue weighted by molar-refractivity contribution is 4.88. The van der Waals surface area contributed by atoms with Crippen LogP contribution in [0.5, 0.6) is 0 Å². The monoisotopic (exact) mass is 212 g/mol. The lowest BCUT2D eigenvalue weighted by molar-refractivity contribution is 0.167. The summed E-state index contributed by atoms with van der Waals surface area (Å²) >= 11 is 0. The summed E-state index contributed by atoms with van der Waals surface area (Å²) in [6, 6.07) is 0.693. The number of hydrogen-bond donors (Lipinski definition) is 2.